The highest BCUT2D eigenvalue weighted by molar-refractivity contribution is 9.10. The van der Waals surface area contributed by atoms with Gasteiger partial charge in [-0.2, -0.15) is 5.26 Å². The molecule has 0 aliphatic heterocycles. The Morgan fingerprint density at radius 3 is 2.57 bits per heavy atom. The minimum atomic E-state index is 0.644. The van der Waals surface area contributed by atoms with E-state index < -0.39 is 0 Å². The lowest BCUT2D eigenvalue weighted by Gasteiger charge is -2.09. The second kappa shape index (κ2) is 5.99. The summed E-state index contributed by atoms with van der Waals surface area (Å²) in [5, 5.41) is 15.0. The highest BCUT2D eigenvalue weighted by atomic mass is 79.9. The minimum absolute atomic E-state index is 0.644. The van der Waals surface area contributed by atoms with Crippen LogP contribution in [0.4, 0.5) is 5.69 Å². The van der Waals surface area contributed by atoms with Crippen molar-refractivity contribution in [2.75, 3.05) is 5.32 Å². The number of hydrogen-bond acceptors (Lipinski definition) is 2. The van der Waals surface area contributed by atoms with Crippen LogP contribution in [0.5, 0.6) is 0 Å². The maximum absolute atomic E-state index is 9.17. The molecule has 0 unspecified atom stereocenters. The van der Waals surface area contributed by atoms with Crippen LogP contribution in [0.1, 0.15) is 11.1 Å². The van der Waals surface area contributed by atoms with E-state index in [1.165, 1.54) is 16.3 Å². The van der Waals surface area contributed by atoms with Crippen LogP contribution in [0, 0.1) is 11.3 Å². The fraction of sp³-hybridized carbons (Fsp3) is 0.0556. The molecule has 3 aromatic carbocycles. The number of nitriles is 1. The van der Waals surface area contributed by atoms with Crippen molar-refractivity contribution >= 4 is 32.4 Å². The van der Waals surface area contributed by atoms with Crippen LogP contribution >= 0.6 is 15.9 Å². The molecule has 0 bridgehead atoms. The molecule has 0 spiro atoms. The van der Waals surface area contributed by atoms with Crippen molar-refractivity contribution in [1.82, 2.24) is 0 Å². The fourth-order valence-electron chi connectivity index (χ4n) is 2.31. The van der Waals surface area contributed by atoms with E-state index in [2.05, 4.69) is 57.6 Å². The van der Waals surface area contributed by atoms with Crippen molar-refractivity contribution in [3.05, 3.63) is 76.3 Å². The maximum atomic E-state index is 9.17. The third kappa shape index (κ3) is 3.07. The molecule has 0 aliphatic rings. The smallest absolute Gasteiger partial charge is 0.101 e. The van der Waals surface area contributed by atoms with Gasteiger partial charge < -0.3 is 5.32 Å². The summed E-state index contributed by atoms with van der Waals surface area (Å²) in [6.07, 6.45) is 0. The highest BCUT2D eigenvalue weighted by Gasteiger charge is 2.03. The highest BCUT2D eigenvalue weighted by Crippen LogP contribution is 2.22. The molecular formula is C18H13BrN2. The molecule has 3 aromatic rings. The van der Waals surface area contributed by atoms with E-state index in [0.717, 1.165) is 10.2 Å². The summed E-state index contributed by atoms with van der Waals surface area (Å²) >= 11 is 3.38. The Bertz CT molecular complexity index is 834. The molecule has 0 heterocycles. The van der Waals surface area contributed by atoms with Crippen LogP contribution in [-0.2, 0) is 6.54 Å². The Morgan fingerprint density at radius 1 is 0.952 bits per heavy atom. The van der Waals surface area contributed by atoms with Crippen LogP contribution in [-0.4, -0.2) is 0 Å². The van der Waals surface area contributed by atoms with Gasteiger partial charge in [0, 0.05) is 11.0 Å². The number of nitrogens with zero attached hydrogens (tertiary/aromatic N) is 1. The zero-order valence-corrected chi connectivity index (χ0v) is 12.9. The summed E-state index contributed by atoms with van der Waals surface area (Å²) in [4.78, 5) is 0. The third-order valence-corrected chi connectivity index (χ3v) is 3.89. The van der Waals surface area contributed by atoms with Crippen LogP contribution in [0.3, 0.4) is 0 Å². The summed E-state index contributed by atoms with van der Waals surface area (Å²) in [5.74, 6) is 0. The van der Waals surface area contributed by atoms with Crippen molar-refractivity contribution in [2.24, 2.45) is 0 Å². The van der Waals surface area contributed by atoms with E-state index in [-0.39, 0.29) is 0 Å². The summed E-state index contributed by atoms with van der Waals surface area (Å²) < 4.78 is 0.912. The molecule has 0 aliphatic carbocycles. The molecule has 3 rings (SSSR count). The Hall–Kier alpha value is -2.31. The Labute approximate surface area is 132 Å². The third-order valence-electron chi connectivity index (χ3n) is 3.40. The van der Waals surface area contributed by atoms with Gasteiger partial charge >= 0.3 is 0 Å². The molecular weight excluding hydrogens is 324 g/mol. The molecule has 0 atom stereocenters. The number of rotatable bonds is 3. The zero-order chi connectivity index (χ0) is 14.7. The summed E-state index contributed by atoms with van der Waals surface area (Å²) in [6.45, 7) is 0.696. The van der Waals surface area contributed by atoms with Gasteiger partial charge in [0.1, 0.15) is 6.07 Å². The van der Waals surface area contributed by atoms with E-state index in [4.69, 9.17) is 0 Å². The predicted molar refractivity (Wildman–Crippen MR) is 90.1 cm³/mol. The number of hydrogen-bond donors (Lipinski definition) is 1. The first kappa shape index (κ1) is 13.7. The SMILES string of the molecule is N#Cc1cc(Br)ccc1NCc1ccc2ccccc2c1. The monoisotopic (exact) mass is 336 g/mol. The van der Waals surface area contributed by atoms with Gasteiger partial charge in [0.2, 0.25) is 0 Å². The molecule has 1 N–H and O–H groups in total. The van der Waals surface area contributed by atoms with Crippen LogP contribution < -0.4 is 5.32 Å². The van der Waals surface area contributed by atoms with Crippen molar-refractivity contribution in [1.29, 1.82) is 5.26 Å². The number of nitrogens with one attached hydrogen (secondary N) is 1. The second-order valence-corrected chi connectivity index (χ2v) is 5.75. The summed E-state index contributed by atoms with van der Waals surface area (Å²) in [6, 6.07) is 22.6. The number of halogens is 1. The largest absolute Gasteiger partial charge is 0.380 e. The van der Waals surface area contributed by atoms with Gasteiger partial charge in [0.15, 0.2) is 0 Å². The quantitative estimate of drug-likeness (QED) is 0.723. The second-order valence-electron chi connectivity index (χ2n) is 4.84. The molecule has 21 heavy (non-hydrogen) atoms. The molecule has 0 saturated carbocycles. The fourth-order valence-corrected chi connectivity index (χ4v) is 2.67. The molecule has 0 fully saturated rings. The average molecular weight is 337 g/mol. The molecule has 3 heteroatoms. The lowest BCUT2D eigenvalue weighted by atomic mass is 10.1. The summed E-state index contributed by atoms with van der Waals surface area (Å²) in [5.41, 5.74) is 2.69. The van der Waals surface area contributed by atoms with E-state index in [1.807, 2.05) is 30.3 Å². The molecule has 2 nitrogen and oxygen atoms in total. The summed E-state index contributed by atoms with van der Waals surface area (Å²) in [7, 11) is 0. The standard InChI is InChI=1S/C18H13BrN2/c19-17-7-8-18(16(10-17)11-20)21-12-13-5-6-14-3-1-2-4-15(14)9-13/h1-10,21H,12H2. The van der Waals surface area contributed by atoms with Gasteiger partial charge in [-0.15, -0.1) is 0 Å². The number of fused-ring (bicyclic) bond motifs is 1. The van der Waals surface area contributed by atoms with Gasteiger partial charge in [0.25, 0.3) is 0 Å². The van der Waals surface area contributed by atoms with Crippen molar-refractivity contribution in [2.45, 2.75) is 6.54 Å². The topological polar surface area (TPSA) is 35.8 Å². The van der Waals surface area contributed by atoms with Gasteiger partial charge in [0.05, 0.1) is 11.3 Å². The van der Waals surface area contributed by atoms with Gasteiger partial charge in [-0.05, 0) is 40.6 Å². The van der Waals surface area contributed by atoms with E-state index in [0.29, 0.717) is 12.1 Å². The Kier molecular flexibility index (Phi) is 3.89. The molecule has 0 aromatic heterocycles. The first-order valence-corrected chi connectivity index (χ1v) is 7.47. The molecule has 0 saturated heterocycles. The Morgan fingerprint density at radius 2 is 1.76 bits per heavy atom. The number of benzene rings is 3. The maximum Gasteiger partial charge on any atom is 0.101 e. The van der Waals surface area contributed by atoms with Crippen molar-refractivity contribution in [3.8, 4) is 6.07 Å². The predicted octanol–water partition coefficient (Wildman–Crippen LogP) is 5.09. The normalized spacial score (nSPS) is 10.3. The minimum Gasteiger partial charge on any atom is -0.380 e. The Balaban J connectivity index is 1.82. The zero-order valence-electron chi connectivity index (χ0n) is 11.3. The first-order valence-electron chi connectivity index (χ1n) is 6.67. The number of anilines is 1. The average Bonchev–Trinajstić information content (AvgIpc) is 2.53. The van der Waals surface area contributed by atoms with Crippen LogP contribution in [0.25, 0.3) is 10.8 Å². The molecule has 102 valence electrons. The van der Waals surface area contributed by atoms with Gasteiger partial charge in [-0.3, -0.25) is 0 Å². The lowest BCUT2D eigenvalue weighted by molar-refractivity contribution is 1.15. The first-order chi connectivity index (χ1) is 10.3. The van der Waals surface area contributed by atoms with Crippen LogP contribution in [0.15, 0.2) is 65.1 Å². The van der Waals surface area contributed by atoms with E-state index in [9.17, 15) is 5.26 Å². The van der Waals surface area contributed by atoms with E-state index >= 15 is 0 Å². The molecule has 0 radical (unpaired) electrons. The van der Waals surface area contributed by atoms with Gasteiger partial charge in [-0.1, -0.05) is 52.3 Å². The van der Waals surface area contributed by atoms with Crippen LogP contribution in [0.2, 0.25) is 0 Å². The lowest BCUT2D eigenvalue weighted by Crippen LogP contribution is -2.01. The molecule has 0 amide bonds. The van der Waals surface area contributed by atoms with Gasteiger partial charge in [-0.25, -0.2) is 0 Å². The van der Waals surface area contributed by atoms with E-state index in [1.54, 1.807) is 0 Å². The van der Waals surface area contributed by atoms with Crippen molar-refractivity contribution in [3.63, 3.8) is 0 Å². The van der Waals surface area contributed by atoms with Crippen molar-refractivity contribution < 1.29 is 0 Å².